The fourth-order valence-electron chi connectivity index (χ4n) is 2.26. The van der Waals surface area contributed by atoms with E-state index < -0.39 is 0 Å². The van der Waals surface area contributed by atoms with Crippen molar-refractivity contribution < 1.29 is 0 Å². The molecule has 2 heterocycles. The Labute approximate surface area is 91.6 Å². The Hall–Kier alpha value is -0.380. The van der Waals surface area contributed by atoms with Crippen molar-refractivity contribution in [1.82, 2.24) is 0 Å². The third-order valence-corrected chi connectivity index (χ3v) is 5.29. The van der Waals surface area contributed by atoms with E-state index in [0.717, 1.165) is 5.92 Å². The molecule has 3 rings (SSSR count). The Morgan fingerprint density at radius 1 is 1.29 bits per heavy atom. The van der Waals surface area contributed by atoms with E-state index in [2.05, 4.69) is 17.5 Å². The highest BCUT2D eigenvalue weighted by atomic mass is 32.1. The van der Waals surface area contributed by atoms with Crippen LogP contribution in [0.3, 0.4) is 0 Å². The van der Waals surface area contributed by atoms with E-state index in [1.54, 1.807) is 4.88 Å². The van der Waals surface area contributed by atoms with Crippen LogP contribution in [-0.4, -0.2) is 6.04 Å². The molecule has 74 valence electrons. The molecule has 1 fully saturated rings. The third-order valence-electron chi connectivity index (χ3n) is 3.03. The molecule has 1 nitrogen and oxygen atoms in total. The predicted molar refractivity (Wildman–Crippen MR) is 64.3 cm³/mol. The molecule has 14 heavy (non-hydrogen) atoms. The van der Waals surface area contributed by atoms with Gasteiger partial charge in [-0.1, -0.05) is 0 Å². The van der Waals surface area contributed by atoms with Crippen LogP contribution in [0.15, 0.2) is 17.5 Å². The summed E-state index contributed by atoms with van der Waals surface area (Å²) in [5.41, 5.74) is 5.94. The van der Waals surface area contributed by atoms with Gasteiger partial charge in [0.15, 0.2) is 0 Å². The topological polar surface area (TPSA) is 26.0 Å². The van der Waals surface area contributed by atoms with Crippen molar-refractivity contribution in [2.24, 2.45) is 5.73 Å². The molecule has 0 bridgehead atoms. The molecule has 0 aliphatic heterocycles. The van der Waals surface area contributed by atoms with Crippen LogP contribution in [0.2, 0.25) is 0 Å². The zero-order valence-electron chi connectivity index (χ0n) is 7.90. The van der Waals surface area contributed by atoms with Crippen molar-refractivity contribution in [3.63, 3.8) is 0 Å². The zero-order chi connectivity index (χ0) is 9.54. The molecule has 0 amide bonds. The Bertz CT molecular complexity index is 414. The average molecular weight is 223 g/mol. The predicted octanol–water partition coefficient (Wildman–Crippen LogP) is 3.56. The molecule has 1 saturated carbocycles. The standard InChI is InChI=1S/C11H13NS2/c12-8-2-1-7(5-8)10-6-11-9(14-10)3-4-13-11/h3-4,6-8H,1-2,5,12H2. The Kier molecular flexibility index (Phi) is 2.11. The lowest BCUT2D eigenvalue weighted by atomic mass is 10.1. The molecular formula is C11H13NS2. The van der Waals surface area contributed by atoms with E-state index in [1.165, 1.54) is 28.7 Å². The first-order valence-electron chi connectivity index (χ1n) is 5.05. The van der Waals surface area contributed by atoms with Crippen molar-refractivity contribution >= 4 is 32.1 Å². The van der Waals surface area contributed by atoms with Crippen LogP contribution >= 0.6 is 22.7 Å². The summed E-state index contributed by atoms with van der Waals surface area (Å²) in [6.07, 6.45) is 3.68. The van der Waals surface area contributed by atoms with Crippen LogP contribution in [-0.2, 0) is 0 Å². The van der Waals surface area contributed by atoms with E-state index in [0.29, 0.717) is 6.04 Å². The van der Waals surface area contributed by atoms with Gasteiger partial charge in [0.2, 0.25) is 0 Å². The van der Waals surface area contributed by atoms with Gasteiger partial charge >= 0.3 is 0 Å². The molecule has 3 heteroatoms. The maximum absolute atomic E-state index is 5.94. The summed E-state index contributed by atoms with van der Waals surface area (Å²) in [6, 6.07) is 5.04. The molecule has 0 spiro atoms. The monoisotopic (exact) mass is 223 g/mol. The lowest BCUT2D eigenvalue weighted by Gasteiger charge is -2.04. The summed E-state index contributed by atoms with van der Waals surface area (Å²) in [5.74, 6) is 0.745. The van der Waals surface area contributed by atoms with Crippen molar-refractivity contribution in [3.05, 3.63) is 22.4 Å². The fourth-order valence-corrected chi connectivity index (χ4v) is 4.53. The summed E-state index contributed by atoms with van der Waals surface area (Å²) >= 11 is 3.81. The second kappa shape index (κ2) is 3.33. The molecule has 0 radical (unpaired) electrons. The highest BCUT2D eigenvalue weighted by Gasteiger charge is 2.24. The van der Waals surface area contributed by atoms with Crippen molar-refractivity contribution in [2.75, 3.05) is 0 Å². The maximum Gasteiger partial charge on any atom is 0.0453 e. The lowest BCUT2D eigenvalue weighted by molar-refractivity contribution is 0.681. The van der Waals surface area contributed by atoms with Crippen LogP contribution in [0, 0.1) is 0 Å². The van der Waals surface area contributed by atoms with Crippen LogP contribution in [0.25, 0.3) is 9.40 Å². The summed E-state index contributed by atoms with van der Waals surface area (Å²) < 4.78 is 2.90. The van der Waals surface area contributed by atoms with Gasteiger partial charge in [0.1, 0.15) is 0 Å². The molecule has 2 aromatic heterocycles. The average Bonchev–Trinajstić information content (AvgIpc) is 2.75. The molecular weight excluding hydrogens is 210 g/mol. The van der Waals surface area contributed by atoms with E-state index in [1.807, 2.05) is 22.7 Å². The van der Waals surface area contributed by atoms with Gasteiger partial charge in [-0.15, -0.1) is 22.7 Å². The van der Waals surface area contributed by atoms with Gasteiger partial charge in [-0.2, -0.15) is 0 Å². The van der Waals surface area contributed by atoms with E-state index >= 15 is 0 Å². The smallest absolute Gasteiger partial charge is 0.0453 e. The van der Waals surface area contributed by atoms with Gasteiger partial charge in [-0.05, 0) is 42.7 Å². The molecule has 2 aromatic rings. The van der Waals surface area contributed by atoms with Gasteiger partial charge in [0.05, 0.1) is 0 Å². The fraction of sp³-hybridized carbons (Fsp3) is 0.455. The van der Waals surface area contributed by atoms with Crippen LogP contribution in [0.1, 0.15) is 30.1 Å². The number of fused-ring (bicyclic) bond motifs is 1. The van der Waals surface area contributed by atoms with E-state index in [-0.39, 0.29) is 0 Å². The minimum absolute atomic E-state index is 0.445. The van der Waals surface area contributed by atoms with E-state index in [4.69, 9.17) is 5.73 Å². The molecule has 2 N–H and O–H groups in total. The second-order valence-electron chi connectivity index (χ2n) is 4.07. The van der Waals surface area contributed by atoms with Crippen molar-refractivity contribution in [2.45, 2.75) is 31.2 Å². The number of hydrogen-bond donors (Lipinski definition) is 1. The number of thiophene rings is 2. The summed E-state index contributed by atoms with van der Waals surface area (Å²) in [7, 11) is 0. The van der Waals surface area contributed by atoms with Gasteiger partial charge < -0.3 is 5.73 Å². The zero-order valence-corrected chi connectivity index (χ0v) is 9.53. The van der Waals surface area contributed by atoms with Gasteiger partial charge in [0, 0.05) is 20.3 Å². The van der Waals surface area contributed by atoms with Gasteiger partial charge in [-0.25, -0.2) is 0 Å². The Morgan fingerprint density at radius 3 is 2.93 bits per heavy atom. The van der Waals surface area contributed by atoms with Crippen molar-refractivity contribution in [1.29, 1.82) is 0 Å². The highest BCUT2D eigenvalue weighted by Crippen LogP contribution is 2.40. The van der Waals surface area contributed by atoms with Crippen LogP contribution in [0.4, 0.5) is 0 Å². The Morgan fingerprint density at radius 2 is 2.21 bits per heavy atom. The number of rotatable bonds is 1. The number of nitrogens with two attached hydrogens (primary N) is 1. The molecule has 1 aliphatic carbocycles. The van der Waals surface area contributed by atoms with Gasteiger partial charge in [0.25, 0.3) is 0 Å². The molecule has 0 aromatic carbocycles. The first kappa shape index (κ1) is 8.89. The maximum atomic E-state index is 5.94. The normalized spacial score (nSPS) is 27.5. The Balaban J connectivity index is 1.94. The van der Waals surface area contributed by atoms with Crippen molar-refractivity contribution in [3.8, 4) is 0 Å². The first-order chi connectivity index (χ1) is 6.83. The second-order valence-corrected chi connectivity index (χ2v) is 6.13. The third kappa shape index (κ3) is 1.40. The first-order valence-corrected chi connectivity index (χ1v) is 6.75. The minimum Gasteiger partial charge on any atom is -0.328 e. The van der Waals surface area contributed by atoms with Gasteiger partial charge in [-0.3, -0.25) is 0 Å². The van der Waals surface area contributed by atoms with Crippen LogP contribution in [0.5, 0.6) is 0 Å². The largest absolute Gasteiger partial charge is 0.328 e. The molecule has 0 saturated heterocycles. The lowest BCUT2D eigenvalue weighted by Crippen LogP contribution is -2.14. The SMILES string of the molecule is NC1CCC(c2cc3sccc3s2)C1. The summed E-state index contributed by atoms with van der Waals surface area (Å²) in [6.45, 7) is 0. The quantitative estimate of drug-likeness (QED) is 0.786. The highest BCUT2D eigenvalue weighted by molar-refractivity contribution is 7.26. The minimum atomic E-state index is 0.445. The summed E-state index contributed by atoms with van der Waals surface area (Å²) in [5, 5.41) is 2.17. The van der Waals surface area contributed by atoms with Crippen LogP contribution < -0.4 is 5.73 Å². The molecule has 2 atom stereocenters. The number of hydrogen-bond acceptors (Lipinski definition) is 3. The summed E-state index contributed by atoms with van der Waals surface area (Å²) in [4.78, 5) is 1.56. The molecule has 2 unspecified atom stereocenters. The molecule has 1 aliphatic rings. The van der Waals surface area contributed by atoms with E-state index in [9.17, 15) is 0 Å².